The number of nitrogens with one attached hydrogen (secondary N) is 1. The quantitative estimate of drug-likeness (QED) is 0.879. The molecule has 1 heterocycles. The van der Waals surface area contributed by atoms with E-state index in [0.717, 1.165) is 11.3 Å². The first-order valence-corrected chi connectivity index (χ1v) is 6.74. The van der Waals surface area contributed by atoms with Gasteiger partial charge in [0.05, 0.1) is 18.2 Å². The average Bonchev–Trinajstić information content (AvgIpc) is 3.01. The molecule has 4 heteroatoms. The molecule has 2 rings (SSSR count). The molecule has 0 saturated heterocycles. The minimum absolute atomic E-state index is 0.0785. The van der Waals surface area contributed by atoms with Crippen LogP contribution >= 0.6 is 0 Å². The van der Waals surface area contributed by atoms with Crippen LogP contribution in [0.4, 0.5) is 0 Å². The summed E-state index contributed by atoms with van der Waals surface area (Å²) in [6.07, 6.45) is 1.59. The van der Waals surface area contributed by atoms with Gasteiger partial charge in [-0.1, -0.05) is 37.3 Å². The van der Waals surface area contributed by atoms with Gasteiger partial charge < -0.3 is 15.5 Å². The minimum atomic E-state index is -0.319. The Hall–Kier alpha value is -2.07. The summed E-state index contributed by atoms with van der Waals surface area (Å²) in [5, 5.41) is 2.92. The maximum absolute atomic E-state index is 12.2. The Morgan fingerprint density at radius 1 is 1.15 bits per heavy atom. The van der Waals surface area contributed by atoms with Crippen LogP contribution in [-0.2, 0) is 4.79 Å². The molecule has 106 valence electrons. The van der Waals surface area contributed by atoms with Gasteiger partial charge in [-0.25, -0.2) is 0 Å². The highest BCUT2D eigenvalue weighted by atomic mass is 16.3. The topological polar surface area (TPSA) is 68.3 Å². The van der Waals surface area contributed by atoms with Crippen LogP contribution in [0.5, 0.6) is 0 Å². The fourth-order valence-corrected chi connectivity index (χ4v) is 2.08. The Morgan fingerprint density at radius 2 is 1.85 bits per heavy atom. The molecule has 3 atom stereocenters. The zero-order valence-electron chi connectivity index (χ0n) is 11.7. The van der Waals surface area contributed by atoms with Crippen LogP contribution < -0.4 is 11.1 Å². The van der Waals surface area contributed by atoms with Crippen molar-refractivity contribution in [3.63, 3.8) is 0 Å². The molecule has 0 aliphatic heterocycles. The van der Waals surface area contributed by atoms with Crippen LogP contribution in [-0.4, -0.2) is 5.91 Å². The molecule has 0 aliphatic carbocycles. The number of furan rings is 1. The van der Waals surface area contributed by atoms with Crippen LogP contribution in [0.15, 0.2) is 53.1 Å². The molecule has 0 bridgehead atoms. The maximum Gasteiger partial charge on any atom is 0.225 e. The SMILES string of the molecule is CC(C(=O)N[C@@H](C)c1ccco1)C(N)c1ccccc1. The lowest BCUT2D eigenvalue weighted by Crippen LogP contribution is -2.36. The van der Waals surface area contributed by atoms with Crippen molar-refractivity contribution in [1.82, 2.24) is 5.32 Å². The van der Waals surface area contributed by atoms with Gasteiger partial charge >= 0.3 is 0 Å². The third-order valence-electron chi connectivity index (χ3n) is 3.47. The van der Waals surface area contributed by atoms with Crippen LogP contribution in [0.3, 0.4) is 0 Å². The molecule has 0 radical (unpaired) electrons. The Labute approximate surface area is 119 Å². The predicted octanol–water partition coefficient (Wildman–Crippen LogP) is 2.79. The number of nitrogens with two attached hydrogens (primary N) is 1. The predicted molar refractivity (Wildman–Crippen MR) is 77.8 cm³/mol. The zero-order valence-corrected chi connectivity index (χ0v) is 11.7. The molecule has 20 heavy (non-hydrogen) atoms. The van der Waals surface area contributed by atoms with E-state index >= 15 is 0 Å². The summed E-state index contributed by atoms with van der Waals surface area (Å²) in [5.74, 6) is 0.346. The Balaban J connectivity index is 1.98. The molecule has 0 aliphatic rings. The molecule has 1 aromatic heterocycles. The lowest BCUT2D eigenvalue weighted by molar-refractivity contribution is -0.125. The Kier molecular flexibility index (Phi) is 4.58. The lowest BCUT2D eigenvalue weighted by Gasteiger charge is -2.21. The van der Waals surface area contributed by atoms with Crippen molar-refractivity contribution in [3.8, 4) is 0 Å². The summed E-state index contributed by atoms with van der Waals surface area (Å²) >= 11 is 0. The smallest absolute Gasteiger partial charge is 0.225 e. The zero-order chi connectivity index (χ0) is 14.5. The average molecular weight is 272 g/mol. The van der Waals surface area contributed by atoms with Crippen molar-refractivity contribution in [2.45, 2.75) is 25.9 Å². The van der Waals surface area contributed by atoms with Gasteiger partial charge in [0, 0.05) is 6.04 Å². The van der Waals surface area contributed by atoms with E-state index in [2.05, 4.69) is 5.32 Å². The summed E-state index contributed by atoms with van der Waals surface area (Å²) < 4.78 is 5.28. The normalized spacial score (nSPS) is 15.3. The van der Waals surface area contributed by atoms with Crippen molar-refractivity contribution in [2.75, 3.05) is 0 Å². The number of hydrogen-bond donors (Lipinski definition) is 2. The monoisotopic (exact) mass is 272 g/mol. The molecule has 2 unspecified atom stereocenters. The summed E-state index contributed by atoms with van der Waals surface area (Å²) in [6.45, 7) is 3.72. The largest absolute Gasteiger partial charge is 0.467 e. The number of benzene rings is 1. The van der Waals surface area contributed by atoms with Gasteiger partial charge in [-0.3, -0.25) is 4.79 Å². The summed E-state index contributed by atoms with van der Waals surface area (Å²) in [7, 11) is 0. The van der Waals surface area contributed by atoms with E-state index in [9.17, 15) is 4.79 Å². The second-order valence-electron chi connectivity index (χ2n) is 4.97. The van der Waals surface area contributed by atoms with E-state index in [4.69, 9.17) is 10.2 Å². The van der Waals surface area contributed by atoms with Crippen molar-refractivity contribution < 1.29 is 9.21 Å². The van der Waals surface area contributed by atoms with E-state index in [1.807, 2.05) is 50.2 Å². The van der Waals surface area contributed by atoms with Gasteiger partial charge in [0.15, 0.2) is 0 Å². The van der Waals surface area contributed by atoms with Gasteiger partial charge in [0.2, 0.25) is 5.91 Å². The highest BCUT2D eigenvalue weighted by molar-refractivity contribution is 5.79. The number of carbonyl (C=O) groups is 1. The van der Waals surface area contributed by atoms with Crippen LogP contribution in [0.1, 0.15) is 37.3 Å². The molecular formula is C16H20N2O2. The molecular weight excluding hydrogens is 252 g/mol. The van der Waals surface area contributed by atoms with Gasteiger partial charge in [0.25, 0.3) is 0 Å². The maximum atomic E-state index is 12.2. The highest BCUT2D eigenvalue weighted by Gasteiger charge is 2.24. The van der Waals surface area contributed by atoms with Gasteiger partial charge in [0.1, 0.15) is 5.76 Å². The van der Waals surface area contributed by atoms with E-state index in [0.29, 0.717) is 0 Å². The van der Waals surface area contributed by atoms with Crippen LogP contribution in [0.25, 0.3) is 0 Å². The third kappa shape index (κ3) is 3.27. The second kappa shape index (κ2) is 6.39. The summed E-state index contributed by atoms with van der Waals surface area (Å²) in [5.41, 5.74) is 7.11. The van der Waals surface area contributed by atoms with Crippen LogP contribution in [0.2, 0.25) is 0 Å². The Bertz CT molecular complexity index is 537. The van der Waals surface area contributed by atoms with Crippen LogP contribution in [0, 0.1) is 5.92 Å². The van der Waals surface area contributed by atoms with Crippen molar-refractivity contribution in [2.24, 2.45) is 11.7 Å². The van der Waals surface area contributed by atoms with Gasteiger partial charge in [-0.2, -0.15) is 0 Å². The number of rotatable bonds is 5. The number of hydrogen-bond acceptors (Lipinski definition) is 3. The van der Waals surface area contributed by atoms with Crippen molar-refractivity contribution in [1.29, 1.82) is 0 Å². The molecule has 1 aromatic carbocycles. The van der Waals surface area contributed by atoms with Gasteiger partial charge in [-0.05, 0) is 24.6 Å². The van der Waals surface area contributed by atoms with E-state index in [-0.39, 0.29) is 23.9 Å². The highest BCUT2D eigenvalue weighted by Crippen LogP contribution is 2.20. The fourth-order valence-electron chi connectivity index (χ4n) is 2.08. The second-order valence-corrected chi connectivity index (χ2v) is 4.97. The molecule has 4 nitrogen and oxygen atoms in total. The fraction of sp³-hybridized carbons (Fsp3) is 0.312. The number of amides is 1. The molecule has 0 saturated carbocycles. The molecule has 0 spiro atoms. The molecule has 0 fully saturated rings. The first kappa shape index (κ1) is 14.3. The van der Waals surface area contributed by atoms with E-state index < -0.39 is 0 Å². The summed E-state index contributed by atoms with van der Waals surface area (Å²) in [6, 6.07) is 12.8. The number of carbonyl (C=O) groups excluding carboxylic acids is 1. The molecule has 2 aromatic rings. The standard InChI is InChI=1S/C16H20N2O2/c1-11(15(17)13-7-4-3-5-8-13)16(19)18-12(2)14-9-6-10-20-14/h3-12,15H,17H2,1-2H3,(H,18,19)/t11?,12-,15?/m0/s1. The van der Waals surface area contributed by atoms with E-state index in [1.165, 1.54) is 0 Å². The summed E-state index contributed by atoms with van der Waals surface area (Å²) in [4.78, 5) is 12.2. The first-order chi connectivity index (χ1) is 9.59. The van der Waals surface area contributed by atoms with Crippen molar-refractivity contribution in [3.05, 3.63) is 60.1 Å². The third-order valence-corrected chi connectivity index (χ3v) is 3.47. The first-order valence-electron chi connectivity index (χ1n) is 6.74. The molecule has 3 N–H and O–H groups in total. The van der Waals surface area contributed by atoms with E-state index in [1.54, 1.807) is 12.3 Å². The Morgan fingerprint density at radius 3 is 2.45 bits per heavy atom. The van der Waals surface area contributed by atoms with Crippen molar-refractivity contribution >= 4 is 5.91 Å². The van der Waals surface area contributed by atoms with Gasteiger partial charge in [-0.15, -0.1) is 0 Å². The molecule has 1 amide bonds. The minimum Gasteiger partial charge on any atom is -0.467 e. The lowest BCUT2D eigenvalue weighted by atomic mass is 9.94.